The minimum Gasteiger partial charge on any atom is -0.268 e. The first-order valence-electron chi connectivity index (χ1n) is 4.80. The van der Waals surface area contributed by atoms with Crippen LogP contribution in [0.25, 0.3) is 0 Å². The van der Waals surface area contributed by atoms with E-state index in [2.05, 4.69) is 24.0 Å². The van der Waals surface area contributed by atoms with E-state index in [-0.39, 0.29) is 5.56 Å². The molecule has 1 aliphatic rings. The van der Waals surface area contributed by atoms with Gasteiger partial charge < -0.3 is 0 Å². The number of nitrogens with one attached hydrogen (secondary N) is 1. The summed E-state index contributed by atoms with van der Waals surface area (Å²) in [5.41, 5.74) is 3.27. The Balaban J connectivity index is 2.63. The Morgan fingerprint density at radius 2 is 2.00 bits per heavy atom. The van der Waals surface area contributed by atoms with Crippen LogP contribution in [-0.2, 0) is 12.8 Å². The Morgan fingerprint density at radius 1 is 1.31 bits per heavy atom. The van der Waals surface area contributed by atoms with Crippen molar-refractivity contribution in [3.8, 4) is 0 Å². The summed E-state index contributed by atoms with van der Waals surface area (Å²) in [5, 5.41) is 6.69. The second kappa shape index (κ2) is 2.98. The standard InChI is InChI=1S/C10H14N2O/c1-6(2)9-7-4-3-5-8(7)10(13)12-11-9/h6H,3-5H2,1-2H3,(H,12,13). The van der Waals surface area contributed by atoms with Crippen molar-refractivity contribution in [2.24, 2.45) is 0 Å². The molecule has 3 nitrogen and oxygen atoms in total. The van der Waals surface area contributed by atoms with Gasteiger partial charge in [-0.3, -0.25) is 4.79 Å². The van der Waals surface area contributed by atoms with Gasteiger partial charge in [-0.2, -0.15) is 5.10 Å². The van der Waals surface area contributed by atoms with Crippen LogP contribution in [0, 0.1) is 0 Å². The van der Waals surface area contributed by atoms with Gasteiger partial charge in [0.1, 0.15) is 0 Å². The van der Waals surface area contributed by atoms with Crippen molar-refractivity contribution in [2.45, 2.75) is 39.0 Å². The first-order valence-corrected chi connectivity index (χ1v) is 4.80. The van der Waals surface area contributed by atoms with E-state index >= 15 is 0 Å². The average molecular weight is 178 g/mol. The van der Waals surface area contributed by atoms with Gasteiger partial charge in [-0.05, 0) is 30.7 Å². The quantitative estimate of drug-likeness (QED) is 0.706. The van der Waals surface area contributed by atoms with Crippen LogP contribution in [0.5, 0.6) is 0 Å². The summed E-state index contributed by atoms with van der Waals surface area (Å²) >= 11 is 0. The Kier molecular flexibility index (Phi) is 1.94. The van der Waals surface area contributed by atoms with Crippen molar-refractivity contribution in [3.05, 3.63) is 27.2 Å². The summed E-state index contributed by atoms with van der Waals surface area (Å²) in [6, 6.07) is 0. The Labute approximate surface area is 77.2 Å². The van der Waals surface area contributed by atoms with Gasteiger partial charge in [-0.25, -0.2) is 5.10 Å². The number of hydrogen-bond acceptors (Lipinski definition) is 2. The number of fused-ring (bicyclic) bond motifs is 1. The second-order valence-corrected chi connectivity index (χ2v) is 3.90. The van der Waals surface area contributed by atoms with Gasteiger partial charge in [0.2, 0.25) is 0 Å². The molecule has 3 heteroatoms. The van der Waals surface area contributed by atoms with Gasteiger partial charge in [0.05, 0.1) is 5.69 Å². The largest absolute Gasteiger partial charge is 0.268 e. The molecule has 0 fully saturated rings. The van der Waals surface area contributed by atoms with Gasteiger partial charge in [-0.15, -0.1) is 0 Å². The molecular formula is C10H14N2O. The molecule has 13 heavy (non-hydrogen) atoms. The normalized spacial score (nSPS) is 15.0. The van der Waals surface area contributed by atoms with E-state index in [1.807, 2.05) is 0 Å². The minimum atomic E-state index is 0.0110. The highest BCUT2D eigenvalue weighted by atomic mass is 16.1. The Morgan fingerprint density at radius 3 is 2.69 bits per heavy atom. The van der Waals surface area contributed by atoms with Crippen molar-refractivity contribution in [2.75, 3.05) is 0 Å². The number of aromatic nitrogens is 2. The highest BCUT2D eigenvalue weighted by Gasteiger charge is 2.20. The molecule has 1 N–H and O–H groups in total. The average Bonchev–Trinajstić information content (AvgIpc) is 2.53. The number of rotatable bonds is 1. The van der Waals surface area contributed by atoms with Crippen LogP contribution in [0.3, 0.4) is 0 Å². The van der Waals surface area contributed by atoms with E-state index in [0.717, 1.165) is 30.5 Å². The lowest BCUT2D eigenvalue weighted by atomic mass is 10.0. The van der Waals surface area contributed by atoms with E-state index < -0.39 is 0 Å². The smallest absolute Gasteiger partial charge is 0.267 e. The van der Waals surface area contributed by atoms with Crippen molar-refractivity contribution in [3.63, 3.8) is 0 Å². The van der Waals surface area contributed by atoms with Gasteiger partial charge in [0.15, 0.2) is 0 Å². The van der Waals surface area contributed by atoms with Crippen LogP contribution in [0.15, 0.2) is 4.79 Å². The van der Waals surface area contributed by atoms with Crippen molar-refractivity contribution >= 4 is 0 Å². The molecule has 0 amide bonds. The van der Waals surface area contributed by atoms with Crippen LogP contribution in [0.1, 0.15) is 43.0 Å². The van der Waals surface area contributed by atoms with Crippen LogP contribution in [-0.4, -0.2) is 10.2 Å². The topological polar surface area (TPSA) is 45.8 Å². The molecular weight excluding hydrogens is 164 g/mol. The van der Waals surface area contributed by atoms with Crippen molar-refractivity contribution in [1.29, 1.82) is 0 Å². The van der Waals surface area contributed by atoms with Gasteiger partial charge in [0.25, 0.3) is 5.56 Å². The lowest BCUT2D eigenvalue weighted by Gasteiger charge is -2.08. The summed E-state index contributed by atoms with van der Waals surface area (Å²) in [4.78, 5) is 11.4. The summed E-state index contributed by atoms with van der Waals surface area (Å²) in [6.07, 6.45) is 3.05. The summed E-state index contributed by atoms with van der Waals surface area (Å²) in [6.45, 7) is 4.22. The molecule has 0 aromatic carbocycles. The van der Waals surface area contributed by atoms with Gasteiger partial charge in [0, 0.05) is 5.56 Å². The van der Waals surface area contributed by atoms with E-state index in [0.29, 0.717) is 5.92 Å². The van der Waals surface area contributed by atoms with Crippen LogP contribution >= 0.6 is 0 Å². The fourth-order valence-corrected chi connectivity index (χ4v) is 2.00. The molecule has 1 heterocycles. The predicted molar refractivity (Wildman–Crippen MR) is 51.0 cm³/mol. The molecule has 0 bridgehead atoms. The van der Waals surface area contributed by atoms with E-state index in [9.17, 15) is 4.79 Å². The molecule has 70 valence electrons. The molecule has 1 aromatic heterocycles. The summed E-state index contributed by atoms with van der Waals surface area (Å²) in [5.74, 6) is 0.406. The van der Waals surface area contributed by atoms with Crippen LogP contribution in [0.2, 0.25) is 0 Å². The molecule has 0 spiro atoms. The molecule has 0 aliphatic heterocycles. The number of H-pyrrole nitrogens is 1. The van der Waals surface area contributed by atoms with E-state index in [1.165, 1.54) is 5.56 Å². The first-order chi connectivity index (χ1) is 6.20. The zero-order valence-corrected chi connectivity index (χ0v) is 8.05. The maximum Gasteiger partial charge on any atom is 0.267 e. The summed E-state index contributed by atoms with van der Waals surface area (Å²) in [7, 11) is 0. The Hall–Kier alpha value is -1.12. The molecule has 2 rings (SSSR count). The SMILES string of the molecule is CC(C)c1n[nH]c(=O)c2c1CCC2. The van der Waals surface area contributed by atoms with Gasteiger partial charge in [-0.1, -0.05) is 13.8 Å². The highest BCUT2D eigenvalue weighted by molar-refractivity contribution is 5.33. The zero-order valence-electron chi connectivity index (χ0n) is 8.05. The number of hydrogen-bond donors (Lipinski definition) is 1. The molecule has 0 atom stereocenters. The third-order valence-electron chi connectivity index (χ3n) is 2.63. The molecule has 0 saturated carbocycles. The lowest BCUT2D eigenvalue weighted by molar-refractivity contribution is 0.757. The van der Waals surface area contributed by atoms with E-state index in [4.69, 9.17) is 0 Å². The monoisotopic (exact) mass is 178 g/mol. The summed E-state index contributed by atoms with van der Waals surface area (Å²) < 4.78 is 0. The first kappa shape index (κ1) is 8.48. The number of nitrogens with zero attached hydrogens (tertiary/aromatic N) is 1. The minimum absolute atomic E-state index is 0.0110. The maximum absolute atomic E-state index is 11.4. The van der Waals surface area contributed by atoms with E-state index in [1.54, 1.807) is 0 Å². The molecule has 0 unspecified atom stereocenters. The maximum atomic E-state index is 11.4. The van der Waals surface area contributed by atoms with Crippen LogP contribution in [0.4, 0.5) is 0 Å². The third kappa shape index (κ3) is 1.28. The molecule has 0 radical (unpaired) electrons. The Bertz CT molecular complexity index is 379. The zero-order chi connectivity index (χ0) is 9.42. The van der Waals surface area contributed by atoms with Crippen LogP contribution < -0.4 is 5.56 Å². The number of aromatic amines is 1. The van der Waals surface area contributed by atoms with Gasteiger partial charge >= 0.3 is 0 Å². The lowest BCUT2D eigenvalue weighted by Crippen LogP contribution is -2.17. The molecule has 1 aromatic rings. The predicted octanol–water partition coefficient (Wildman–Crippen LogP) is 1.38. The van der Waals surface area contributed by atoms with Crippen molar-refractivity contribution < 1.29 is 0 Å². The fourth-order valence-electron chi connectivity index (χ4n) is 2.00. The fraction of sp³-hybridized carbons (Fsp3) is 0.600. The van der Waals surface area contributed by atoms with Crippen molar-refractivity contribution in [1.82, 2.24) is 10.2 Å². The highest BCUT2D eigenvalue weighted by Crippen LogP contribution is 2.24. The molecule has 0 saturated heterocycles. The third-order valence-corrected chi connectivity index (χ3v) is 2.63. The second-order valence-electron chi connectivity index (χ2n) is 3.90. The molecule has 1 aliphatic carbocycles.